The zero-order valence-electron chi connectivity index (χ0n) is 9.56. The number of aromatic nitrogens is 1. The van der Waals surface area contributed by atoms with Crippen molar-refractivity contribution < 1.29 is 9.47 Å². The quantitative estimate of drug-likeness (QED) is 0.842. The number of ether oxygens (including phenoxy) is 2. The highest BCUT2D eigenvalue weighted by atomic mass is 16.5. The summed E-state index contributed by atoms with van der Waals surface area (Å²) in [4.78, 5) is 4.14. The first-order valence-electron chi connectivity index (χ1n) is 5.63. The molecule has 16 heavy (non-hydrogen) atoms. The van der Waals surface area contributed by atoms with Gasteiger partial charge < -0.3 is 15.2 Å². The van der Waals surface area contributed by atoms with Crippen molar-refractivity contribution in [2.45, 2.75) is 18.9 Å². The summed E-state index contributed by atoms with van der Waals surface area (Å²) in [5.74, 6) is 1.25. The van der Waals surface area contributed by atoms with Crippen LogP contribution in [0.3, 0.4) is 0 Å². The van der Waals surface area contributed by atoms with Gasteiger partial charge in [-0.3, -0.25) is 4.98 Å². The average Bonchev–Trinajstić information content (AvgIpc) is 2.39. The first-order valence-corrected chi connectivity index (χ1v) is 5.63. The smallest absolute Gasteiger partial charge is 0.137 e. The molecule has 0 saturated carbocycles. The van der Waals surface area contributed by atoms with E-state index in [0.29, 0.717) is 5.92 Å². The average molecular weight is 222 g/mol. The van der Waals surface area contributed by atoms with Crippen molar-refractivity contribution in [2.24, 2.45) is 11.7 Å². The number of hydrogen-bond donors (Lipinski definition) is 1. The number of hydrogen-bond acceptors (Lipinski definition) is 4. The lowest BCUT2D eigenvalue weighted by Gasteiger charge is -2.27. The second kappa shape index (κ2) is 5.27. The van der Waals surface area contributed by atoms with Gasteiger partial charge in [0.1, 0.15) is 5.75 Å². The zero-order valence-corrected chi connectivity index (χ0v) is 9.56. The predicted octanol–water partition coefficient (Wildman–Crippen LogP) is 1.52. The van der Waals surface area contributed by atoms with Crippen molar-refractivity contribution in [3.05, 3.63) is 24.0 Å². The number of nitrogens with zero attached hydrogens (tertiary/aromatic N) is 1. The van der Waals surface area contributed by atoms with E-state index in [-0.39, 0.29) is 6.04 Å². The Balaban J connectivity index is 2.09. The monoisotopic (exact) mass is 222 g/mol. The Bertz CT molecular complexity index is 338. The molecule has 2 heterocycles. The lowest BCUT2D eigenvalue weighted by atomic mass is 9.88. The molecule has 0 radical (unpaired) electrons. The van der Waals surface area contributed by atoms with Gasteiger partial charge in [-0.05, 0) is 30.4 Å². The van der Waals surface area contributed by atoms with Crippen LogP contribution in [0.25, 0.3) is 0 Å². The second-order valence-electron chi connectivity index (χ2n) is 4.13. The molecule has 0 bridgehead atoms. The molecule has 1 saturated heterocycles. The molecule has 1 unspecified atom stereocenters. The van der Waals surface area contributed by atoms with E-state index < -0.39 is 0 Å². The fourth-order valence-electron chi connectivity index (χ4n) is 2.08. The number of nitrogens with two attached hydrogens (primary N) is 1. The van der Waals surface area contributed by atoms with E-state index in [9.17, 15) is 0 Å². The van der Waals surface area contributed by atoms with Crippen LogP contribution in [0.4, 0.5) is 0 Å². The molecule has 2 N–H and O–H groups in total. The SMILES string of the molecule is COc1cncc(C(N)C2CCOCC2)c1. The third-order valence-corrected chi connectivity index (χ3v) is 3.13. The van der Waals surface area contributed by atoms with Crippen LogP contribution in [0, 0.1) is 5.92 Å². The van der Waals surface area contributed by atoms with Crippen molar-refractivity contribution in [3.8, 4) is 5.75 Å². The van der Waals surface area contributed by atoms with Gasteiger partial charge in [0.15, 0.2) is 0 Å². The lowest BCUT2D eigenvalue weighted by molar-refractivity contribution is 0.0583. The van der Waals surface area contributed by atoms with Gasteiger partial charge in [0, 0.05) is 25.5 Å². The van der Waals surface area contributed by atoms with Crippen molar-refractivity contribution in [1.82, 2.24) is 4.98 Å². The van der Waals surface area contributed by atoms with Gasteiger partial charge in [0.2, 0.25) is 0 Å². The molecule has 88 valence electrons. The van der Waals surface area contributed by atoms with E-state index in [1.165, 1.54) is 0 Å². The third kappa shape index (κ3) is 2.51. The van der Waals surface area contributed by atoms with Crippen LogP contribution >= 0.6 is 0 Å². The molecule has 0 spiro atoms. The van der Waals surface area contributed by atoms with E-state index in [1.807, 2.05) is 12.3 Å². The Kier molecular flexibility index (Phi) is 3.74. The second-order valence-corrected chi connectivity index (χ2v) is 4.13. The number of rotatable bonds is 3. The van der Waals surface area contributed by atoms with Gasteiger partial charge in [0.05, 0.1) is 13.3 Å². The van der Waals surface area contributed by atoms with E-state index >= 15 is 0 Å². The highest BCUT2D eigenvalue weighted by Crippen LogP contribution is 2.28. The summed E-state index contributed by atoms with van der Waals surface area (Å²) in [6, 6.07) is 2.00. The Hall–Kier alpha value is -1.13. The van der Waals surface area contributed by atoms with Crippen molar-refractivity contribution in [3.63, 3.8) is 0 Å². The maximum atomic E-state index is 6.24. The van der Waals surface area contributed by atoms with Gasteiger partial charge in [-0.2, -0.15) is 0 Å². The third-order valence-electron chi connectivity index (χ3n) is 3.13. The van der Waals surface area contributed by atoms with E-state index in [4.69, 9.17) is 15.2 Å². The summed E-state index contributed by atoms with van der Waals surface area (Å²) in [7, 11) is 1.64. The van der Waals surface area contributed by atoms with Crippen LogP contribution in [-0.2, 0) is 4.74 Å². The minimum absolute atomic E-state index is 0.0338. The fraction of sp³-hybridized carbons (Fsp3) is 0.583. The molecule has 4 heteroatoms. The molecular formula is C12H18N2O2. The van der Waals surface area contributed by atoms with Gasteiger partial charge in [0.25, 0.3) is 0 Å². The molecule has 1 fully saturated rings. The van der Waals surface area contributed by atoms with E-state index in [0.717, 1.165) is 37.4 Å². The molecule has 2 rings (SSSR count). The van der Waals surface area contributed by atoms with E-state index in [1.54, 1.807) is 13.3 Å². The van der Waals surface area contributed by atoms with Crippen LogP contribution in [0.5, 0.6) is 5.75 Å². The highest BCUT2D eigenvalue weighted by Gasteiger charge is 2.22. The minimum Gasteiger partial charge on any atom is -0.495 e. The summed E-state index contributed by atoms with van der Waals surface area (Å²) < 4.78 is 10.5. The number of methoxy groups -OCH3 is 1. The first kappa shape index (κ1) is 11.4. The Morgan fingerprint density at radius 1 is 1.44 bits per heavy atom. The predicted molar refractivity (Wildman–Crippen MR) is 61.3 cm³/mol. The van der Waals surface area contributed by atoms with Gasteiger partial charge in [-0.1, -0.05) is 0 Å². The van der Waals surface area contributed by atoms with Gasteiger partial charge >= 0.3 is 0 Å². The minimum atomic E-state index is 0.0338. The Morgan fingerprint density at radius 3 is 2.88 bits per heavy atom. The Labute approximate surface area is 95.8 Å². The largest absolute Gasteiger partial charge is 0.495 e. The molecule has 4 nitrogen and oxygen atoms in total. The molecule has 0 aliphatic carbocycles. The van der Waals surface area contributed by atoms with Gasteiger partial charge in [-0.25, -0.2) is 0 Å². The standard InChI is InChI=1S/C12H18N2O2/c1-15-11-6-10(7-14-8-11)12(13)9-2-4-16-5-3-9/h6-9,12H,2-5,13H2,1H3. The lowest BCUT2D eigenvalue weighted by Crippen LogP contribution is -2.27. The molecule has 1 aromatic rings. The maximum absolute atomic E-state index is 6.24. The molecule has 1 aliphatic rings. The first-order chi connectivity index (χ1) is 7.81. The Morgan fingerprint density at radius 2 is 2.19 bits per heavy atom. The van der Waals surface area contributed by atoms with Crippen LogP contribution in [-0.4, -0.2) is 25.3 Å². The van der Waals surface area contributed by atoms with Gasteiger partial charge in [-0.15, -0.1) is 0 Å². The number of pyridine rings is 1. The molecule has 1 aliphatic heterocycles. The molecule has 0 aromatic carbocycles. The van der Waals surface area contributed by atoms with Crippen molar-refractivity contribution in [2.75, 3.05) is 20.3 Å². The summed E-state index contributed by atoms with van der Waals surface area (Å²) in [6.07, 6.45) is 5.57. The molecular weight excluding hydrogens is 204 g/mol. The molecule has 1 atom stereocenters. The summed E-state index contributed by atoms with van der Waals surface area (Å²) in [5, 5.41) is 0. The van der Waals surface area contributed by atoms with E-state index in [2.05, 4.69) is 4.98 Å². The molecule has 0 amide bonds. The van der Waals surface area contributed by atoms with Crippen molar-refractivity contribution >= 4 is 0 Å². The normalized spacial score (nSPS) is 19.4. The molecule has 1 aromatic heterocycles. The van der Waals surface area contributed by atoms with Crippen LogP contribution in [0.1, 0.15) is 24.4 Å². The highest BCUT2D eigenvalue weighted by molar-refractivity contribution is 5.26. The maximum Gasteiger partial charge on any atom is 0.137 e. The van der Waals surface area contributed by atoms with Crippen molar-refractivity contribution in [1.29, 1.82) is 0 Å². The summed E-state index contributed by atoms with van der Waals surface area (Å²) in [5.41, 5.74) is 7.29. The fourth-order valence-corrected chi connectivity index (χ4v) is 2.08. The topological polar surface area (TPSA) is 57.4 Å². The summed E-state index contributed by atoms with van der Waals surface area (Å²) >= 11 is 0. The van der Waals surface area contributed by atoms with Crippen LogP contribution in [0.15, 0.2) is 18.5 Å². The zero-order chi connectivity index (χ0) is 11.4. The summed E-state index contributed by atoms with van der Waals surface area (Å²) in [6.45, 7) is 1.63. The van der Waals surface area contributed by atoms with Crippen LogP contribution in [0.2, 0.25) is 0 Å². The van der Waals surface area contributed by atoms with Crippen LogP contribution < -0.4 is 10.5 Å².